The Hall–Kier alpha value is -2.88. The van der Waals surface area contributed by atoms with Crippen molar-refractivity contribution in [3.8, 4) is 0 Å². The van der Waals surface area contributed by atoms with E-state index in [-0.39, 0.29) is 5.91 Å². The van der Waals surface area contributed by atoms with Crippen molar-refractivity contribution in [3.63, 3.8) is 0 Å². The molecule has 4 rings (SSSR count). The Morgan fingerprint density at radius 1 is 1.19 bits per heavy atom. The van der Waals surface area contributed by atoms with E-state index in [2.05, 4.69) is 35.2 Å². The van der Waals surface area contributed by atoms with Crippen molar-refractivity contribution >= 4 is 11.6 Å². The zero-order valence-corrected chi connectivity index (χ0v) is 15.8. The molecule has 0 spiro atoms. The summed E-state index contributed by atoms with van der Waals surface area (Å²) in [5.74, 6) is 2.30. The minimum Gasteiger partial charge on any atom is -0.339 e. The predicted octanol–water partition coefficient (Wildman–Crippen LogP) is 0.334. The number of carbonyl (C=O) groups is 1. The number of hydrogen-bond acceptors (Lipinski definition) is 7. The van der Waals surface area contributed by atoms with Gasteiger partial charge in [0.05, 0.1) is 12.1 Å². The van der Waals surface area contributed by atoms with Crippen molar-refractivity contribution < 1.29 is 4.79 Å². The molecule has 3 aromatic rings. The highest BCUT2D eigenvalue weighted by Gasteiger charge is 2.28. The number of amides is 1. The maximum Gasteiger partial charge on any atom is 0.255 e. The molecule has 0 radical (unpaired) electrons. The molecule has 1 fully saturated rings. The van der Waals surface area contributed by atoms with E-state index in [1.165, 1.54) is 4.52 Å². The number of hydrogen-bond donors (Lipinski definition) is 0. The molecule has 0 unspecified atom stereocenters. The fourth-order valence-electron chi connectivity index (χ4n) is 3.54. The van der Waals surface area contributed by atoms with E-state index in [0.717, 1.165) is 31.0 Å². The zero-order chi connectivity index (χ0) is 19.0. The first-order valence-corrected chi connectivity index (χ1v) is 9.03. The Morgan fingerprint density at radius 2 is 1.96 bits per heavy atom. The first kappa shape index (κ1) is 17.5. The number of rotatable bonds is 4. The molecule has 10 nitrogen and oxygen atoms in total. The summed E-state index contributed by atoms with van der Waals surface area (Å²) in [6.07, 6.45) is 3.44. The lowest BCUT2D eigenvalue weighted by atomic mass is 9.95. The van der Waals surface area contributed by atoms with Gasteiger partial charge in [0.15, 0.2) is 5.65 Å². The van der Waals surface area contributed by atoms with Crippen LogP contribution in [0.4, 0.5) is 0 Å². The summed E-state index contributed by atoms with van der Waals surface area (Å²) in [5, 5.41) is 20.1. The van der Waals surface area contributed by atoms with Gasteiger partial charge in [0.1, 0.15) is 11.6 Å². The molecular formula is C17H23N9O. The number of carbonyl (C=O) groups excluding carboxylic acids is 1. The zero-order valence-electron chi connectivity index (χ0n) is 15.8. The van der Waals surface area contributed by atoms with E-state index < -0.39 is 0 Å². The van der Waals surface area contributed by atoms with Crippen LogP contribution in [0.2, 0.25) is 0 Å². The van der Waals surface area contributed by atoms with E-state index in [4.69, 9.17) is 0 Å². The molecule has 1 amide bonds. The van der Waals surface area contributed by atoms with Gasteiger partial charge in [-0.1, -0.05) is 0 Å². The molecule has 0 N–H and O–H groups in total. The molecule has 10 heteroatoms. The lowest BCUT2D eigenvalue weighted by Crippen LogP contribution is -2.38. The second kappa shape index (κ2) is 7.03. The van der Waals surface area contributed by atoms with Crippen LogP contribution in [0.25, 0.3) is 5.65 Å². The van der Waals surface area contributed by atoms with Crippen LogP contribution in [0, 0.1) is 0 Å². The van der Waals surface area contributed by atoms with Gasteiger partial charge in [-0.3, -0.25) is 4.79 Å². The lowest BCUT2D eigenvalue weighted by molar-refractivity contribution is 0.0709. The summed E-state index contributed by atoms with van der Waals surface area (Å²) < 4.78 is 3.61. The number of tetrazole rings is 1. The summed E-state index contributed by atoms with van der Waals surface area (Å²) in [6, 6.07) is 3.53. The molecule has 3 aromatic heterocycles. The van der Waals surface area contributed by atoms with Crippen LogP contribution >= 0.6 is 0 Å². The number of piperidine rings is 1. The fourth-order valence-corrected chi connectivity index (χ4v) is 3.54. The molecule has 0 aliphatic carbocycles. The van der Waals surface area contributed by atoms with Gasteiger partial charge in [-0.05, 0) is 49.5 Å². The molecule has 1 aliphatic rings. The Kier molecular flexibility index (Phi) is 4.56. The highest BCUT2D eigenvalue weighted by Crippen LogP contribution is 2.27. The van der Waals surface area contributed by atoms with Gasteiger partial charge in [0.25, 0.3) is 5.91 Å². The maximum absolute atomic E-state index is 12.8. The Labute approximate surface area is 156 Å². The van der Waals surface area contributed by atoms with Crippen LogP contribution in [-0.2, 0) is 13.6 Å². The van der Waals surface area contributed by atoms with E-state index in [1.54, 1.807) is 18.3 Å². The molecule has 0 saturated carbocycles. The normalized spacial score (nSPS) is 15.8. The number of pyridine rings is 1. The summed E-state index contributed by atoms with van der Waals surface area (Å²) in [7, 11) is 6.06. The van der Waals surface area contributed by atoms with E-state index >= 15 is 0 Å². The molecule has 4 heterocycles. The van der Waals surface area contributed by atoms with Crippen LogP contribution in [0.5, 0.6) is 0 Å². The van der Waals surface area contributed by atoms with Gasteiger partial charge >= 0.3 is 0 Å². The summed E-state index contributed by atoms with van der Waals surface area (Å²) >= 11 is 0. The van der Waals surface area contributed by atoms with Crippen molar-refractivity contribution in [2.24, 2.45) is 7.05 Å². The van der Waals surface area contributed by atoms with E-state index in [0.29, 0.717) is 30.2 Å². The highest BCUT2D eigenvalue weighted by molar-refractivity contribution is 5.94. The SMILES string of the molecule is CN(C)Cc1nnc(C2CCN(C(=O)c3ccc4nnnn4c3)CC2)n1C. The second-order valence-electron chi connectivity index (χ2n) is 7.24. The van der Waals surface area contributed by atoms with Crippen LogP contribution in [0.3, 0.4) is 0 Å². The molecule has 1 saturated heterocycles. The third kappa shape index (κ3) is 3.39. The standard InChI is InChI=1S/C17H23N9O/c1-23(2)11-15-18-20-16(24(15)3)12-6-8-25(9-7-12)17(27)13-4-5-14-19-21-22-26(14)10-13/h4-5,10,12H,6-9,11H2,1-3H3. The third-order valence-corrected chi connectivity index (χ3v) is 5.04. The summed E-state index contributed by atoms with van der Waals surface area (Å²) in [5.41, 5.74) is 1.22. The molecule has 142 valence electrons. The monoisotopic (exact) mass is 369 g/mol. The van der Waals surface area contributed by atoms with Gasteiger partial charge in [0, 0.05) is 32.3 Å². The van der Waals surface area contributed by atoms with E-state index in [1.807, 2.05) is 26.0 Å². The largest absolute Gasteiger partial charge is 0.339 e. The molecule has 0 aromatic carbocycles. The van der Waals surface area contributed by atoms with Crippen LogP contribution < -0.4 is 0 Å². The molecule has 0 atom stereocenters. The number of likely N-dealkylation sites (tertiary alicyclic amines) is 1. The predicted molar refractivity (Wildman–Crippen MR) is 97.1 cm³/mol. The van der Waals surface area contributed by atoms with Crippen LogP contribution in [0.1, 0.15) is 40.8 Å². The van der Waals surface area contributed by atoms with Crippen molar-refractivity contribution in [3.05, 3.63) is 35.5 Å². The average Bonchev–Trinajstić information content (AvgIpc) is 3.27. The molecular weight excluding hydrogens is 346 g/mol. The molecule has 1 aliphatic heterocycles. The third-order valence-electron chi connectivity index (χ3n) is 5.04. The Balaban J connectivity index is 1.42. The lowest BCUT2D eigenvalue weighted by Gasteiger charge is -2.31. The van der Waals surface area contributed by atoms with Crippen molar-refractivity contribution in [1.82, 2.24) is 44.6 Å². The van der Waals surface area contributed by atoms with Gasteiger partial charge in [0.2, 0.25) is 0 Å². The smallest absolute Gasteiger partial charge is 0.255 e. The fraction of sp³-hybridized carbons (Fsp3) is 0.529. The van der Waals surface area contributed by atoms with Gasteiger partial charge in [-0.15, -0.1) is 15.3 Å². The first-order chi connectivity index (χ1) is 13.0. The molecule has 27 heavy (non-hydrogen) atoms. The number of fused-ring (bicyclic) bond motifs is 1. The van der Waals surface area contributed by atoms with Gasteiger partial charge in [-0.25, -0.2) is 0 Å². The minimum atomic E-state index is 0.0112. The van der Waals surface area contributed by atoms with Crippen LogP contribution in [0.15, 0.2) is 18.3 Å². The quantitative estimate of drug-likeness (QED) is 0.654. The van der Waals surface area contributed by atoms with Crippen molar-refractivity contribution in [1.29, 1.82) is 0 Å². The Morgan fingerprint density at radius 3 is 2.70 bits per heavy atom. The van der Waals surface area contributed by atoms with Crippen molar-refractivity contribution in [2.45, 2.75) is 25.3 Å². The van der Waals surface area contributed by atoms with Crippen molar-refractivity contribution in [2.75, 3.05) is 27.2 Å². The van der Waals surface area contributed by atoms with Gasteiger partial charge < -0.3 is 14.4 Å². The minimum absolute atomic E-state index is 0.0112. The highest BCUT2D eigenvalue weighted by atomic mass is 16.2. The first-order valence-electron chi connectivity index (χ1n) is 9.03. The number of aromatic nitrogens is 7. The molecule has 0 bridgehead atoms. The summed E-state index contributed by atoms with van der Waals surface area (Å²) in [4.78, 5) is 16.8. The maximum atomic E-state index is 12.8. The van der Waals surface area contributed by atoms with Gasteiger partial charge in [-0.2, -0.15) is 4.52 Å². The Bertz CT molecular complexity index is 952. The van der Waals surface area contributed by atoms with Crippen LogP contribution in [-0.4, -0.2) is 77.7 Å². The topological polar surface area (TPSA) is 97.3 Å². The summed E-state index contributed by atoms with van der Waals surface area (Å²) in [6.45, 7) is 2.17. The number of nitrogens with zero attached hydrogens (tertiary/aromatic N) is 9. The average molecular weight is 369 g/mol. The second-order valence-corrected chi connectivity index (χ2v) is 7.24. The van der Waals surface area contributed by atoms with E-state index in [9.17, 15) is 4.79 Å².